The highest BCUT2D eigenvalue weighted by atomic mass is 16.7. The Bertz CT molecular complexity index is 1620. The topological polar surface area (TPSA) is 214 Å². The van der Waals surface area contributed by atoms with E-state index >= 15 is 0 Å². The van der Waals surface area contributed by atoms with Gasteiger partial charge in [-0.25, -0.2) is 20.7 Å². The van der Waals surface area contributed by atoms with Crippen molar-refractivity contribution in [2.75, 3.05) is 46.4 Å². The van der Waals surface area contributed by atoms with Crippen molar-refractivity contribution in [2.45, 2.75) is 65.6 Å². The van der Waals surface area contributed by atoms with E-state index in [0.29, 0.717) is 53.8 Å². The van der Waals surface area contributed by atoms with Crippen molar-refractivity contribution >= 4 is 34.5 Å². The zero-order chi connectivity index (χ0) is 36.1. The number of H-pyrrole nitrogens is 2. The number of nitrogens with one attached hydrogen (secondary N) is 6. The predicted molar refractivity (Wildman–Crippen MR) is 191 cm³/mol. The molecule has 0 saturated heterocycles. The van der Waals surface area contributed by atoms with Crippen LogP contribution in [0.3, 0.4) is 0 Å². The molecule has 2 unspecified atom stereocenters. The van der Waals surface area contributed by atoms with E-state index in [2.05, 4.69) is 53.7 Å². The fraction of sp³-hybridized carbons (Fsp3) is 0.515. The summed E-state index contributed by atoms with van der Waals surface area (Å²) in [5.74, 6) is -0.120. The summed E-state index contributed by atoms with van der Waals surface area (Å²) in [4.78, 5) is 45.3. The normalized spacial score (nSPS) is 13.4. The van der Waals surface area contributed by atoms with E-state index in [4.69, 9.17) is 19.1 Å². The second kappa shape index (κ2) is 22.2. The van der Waals surface area contributed by atoms with E-state index in [1.807, 2.05) is 20.8 Å². The van der Waals surface area contributed by atoms with E-state index in [-0.39, 0.29) is 22.9 Å². The van der Waals surface area contributed by atoms with E-state index in [1.54, 1.807) is 30.3 Å². The van der Waals surface area contributed by atoms with Crippen molar-refractivity contribution in [3.63, 3.8) is 0 Å². The zero-order valence-corrected chi connectivity index (χ0v) is 29.4. The third kappa shape index (κ3) is 12.7. The Labute approximate surface area is 291 Å². The van der Waals surface area contributed by atoms with Crippen molar-refractivity contribution in [2.24, 2.45) is 15.2 Å². The van der Waals surface area contributed by atoms with E-state index in [9.17, 15) is 14.9 Å². The van der Waals surface area contributed by atoms with Crippen LogP contribution in [0, 0.1) is 10.1 Å². The summed E-state index contributed by atoms with van der Waals surface area (Å²) in [5, 5.41) is 27.5. The van der Waals surface area contributed by atoms with E-state index in [0.717, 1.165) is 45.4 Å². The van der Waals surface area contributed by atoms with Crippen LogP contribution in [-0.2, 0) is 19.1 Å². The molecule has 3 rings (SSSR count). The molecule has 6 N–H and O–H groups in total. The van der Waals surface area contributed by atoms with Gasteiger partial charge < -0.3 is 30.1 Å². The number of azo groups is 1. The number of aliphatic imine (C=N–C) groups is 1. The Hall–Kier alpha value is -4.52. The number of methoxy groups -OCH3 is 1. The molecule has 2 atom stereocenters. The van der Waals surface area contributed by atoms with Gasteiger partial charge in [-0.2, -0.15) is 0 Å². The van der Waals surface area contributed by atoms with Crippen LogP contribution in [0.5, 0.6) is 0 Å². The lowest BCUT2D eigenvalue weighted by molar-refractivity contribution is -0.385. The van der Waals surface area contributed by atoms with E-state index in [1.165, 1.54) is 13.4 Å². The molecule has 2 aromatic carbocycles. The number of nitro benzene ring substituents is 1. The van der Waals surface area contributed by atoms with Crippen LogP contribution in [0.15, 0.2) is 62.5 Å². The molecule has 0 bridgehead atoms. The summed E-state index contributed by atoms with van der Waals surface area (Å²) in [7, 11) is 1.40. The Morgan fingerprint density at radius 3 is 2.20 bits per heavy atom. The molecular formula is C33H50N10O7. The summed E-state index contributed by atoms with van der Waals surface area (Å²) >= 11 is 0. The number of nitro groups is 1. The average molecular weight is 699 g/mol. The largest absolute Gasteiger partial charge is 0.499 e. The second-order valence-electron chi connectivity index (χ2n) is 11.0. The van der Waals surface area contributed by atoms with Crippen molar-refractivity contribution < 1.29 is 24.1 Å². The van der Waals surface area contributed by atoms with Crippen LogP contribution >= 0.6 is 0 Å². The molecular weight excluding hydrogens is 648 g/mol. The lowest BCUT2D eigenvalue weighted by atomic mass is 9.97. The van der Waals surface area contributed by atoms with Crippen LogP contribution in [-0.4, -0.2) is 67.7 Å². The Kier molecular flexibility index (Phi) is 17.8. The molecule has 0 aliphatic carbocycles. The number of nitrogens with zero attached hydrogens (tertiary/aromatic N) is 4. The number of fused-ring (bicyclic) bond motifs is 1. The molecule has 0 radical (unpaired) electrons. The van der Waals surface area contributed by atoms with Crippen molar-refractivity contribution in [1.29, 1.82) is 0 Å². The first-order chi connectivity index (χ1) is 24.3. The number of rotatable bonds is 25. The summed E-state index contributed by atoms with van der Waals surface area (Å²) in [6, 6.07) is 8.38. The van der Waals surface area contributed by atoms with Crippen molar-refractivity contribution in [1.82, 2.24) is 31.6 Å². The highest BCUT2D eigenvalue weighted by molar-refractivity contribution is 5.78. The third-order valence-electron chi connectivity index (χ3n) is 7.35. The van der Waals surface area contributed by atoms with Gasteiger partial charge in [0.1, 0.15) is 18.5 Å². The van der Waals surface area contributed by atoms with Gasteiger partial charge in [0.15, 0.2) is 12.1 Å². The van der Waals surface area contributed by atoms with Gasteiger partial charge in [-0.1, -0.05) is 27.7 Å². The number of ether oxygens (including phenoxy) is 2. The van der Waals surface area contributed by atoms with Crippen LogP contribution < -0.4 is 27.3 Å². The monoisotopic (exact) mass is 698 g/mol. The maximum absolute atomic E-state index is 12.6. The van der Waals surface area contributed by atoms with Crippen LogP contribution in [0.25, 0.3) is 11.0 Å². The maximum atomic E-state index is 12.6. The number of aromatic nitrogens is 2. The zero-order valence-electron chi connectivity index (χ0n) is 29.4. The highest BCUT2D eigenvalue weighted by Gasteiger charge is 2.29. The van der Waals surface area contributed by atoms with Gasteiger partial charge in [-0.15, -0.1) is 10.2 Å². The molecule has 1 heterocycles. The molecule has 0 saturated carbocycles. The molecule has 274 valence electrons. The molecule has 1 aromatic heterocycles. The Morgan fingerprint density at radius 1 is 0.920 bits per heavy atom. The molecule has 0 spiro atoms. The summed E-state index contributed by atoms with van der Waals surface area (Å²) in [6.07, 6.45) is 3.88. The van der Waals surface area contributed by atoms with Crippen LogP contribution in [0.2, 0.25) is 0 Å². The molecule has 3 aromatic rings. The number of hydrogen-bond donors (Lipinski definition) is 6. The first kappa shape index (κ1) is 39.9. The smallest absolute Gasteiger partial charge is 0.323 e. The standard InChI is InChI=1S/C33H50N10O7/c1-6-29(49-37-16-10-14-34-8-3)23-18-25(30(7-2)50-38-17-11-15-35-9-4)32(43(45)46)28(19-23)41-42-31(21-47-5)48-22-36-24-12-13-26-27(20-24)40-33(44)39-26/h12-13,18-22,29-30,34-35,37-38H,6-11,14-17H2,1-5H3,(H2,39,40,44)/b31-21-,36-22?,42-41?. The van der Waals surface area contributed by atoms with E-state index < -0.39 is 17.1 Å². The summed E-state index contributed by atoms with van der Waals surface area (Å²) in [5.41, 5.74) is 8.10. The van der Waals surface area contributed by atoms with Gasteiger partial charge in [-0.05, 0) is 87.8 Å². The number of aromatic amines is 2. The molecule has 0 amide bonds. The molecule has 0 aliphatic heterocycles. The average Bonchev–Trinajstić information content (AvgIpc) is 3.48. The van der Waals surface area contributed by atoms with Crippen LogP contribution in [0.4, 0.5) is 17.1 Å². The first-order valence-electron chi connectivity index (χ1n) is 16.9. The molecule has 0 fully saturated rings. The summed E-state index contributed by atoms with van der Waals surface area (Å²) in [6.45, 7) is 12.5. The van der Waals surface area contributed by atoms with Crippen molar-refractivity contribution in [3.8, 4) is 0 Å². The minimum absolute atomic E-state index is 0.0182. The van der Waals surface area contributed by atoms with Gasteiger partial charge in [0.05, 0.1) is 34.3 Å². The van der Waals surface area contributed by atoms with Gasteiger partial charge in [0.25, 0.3) is 5.88 Å². The Balaban J connectivity index is 1.92. The van der Waals surface area contributed by atoms with Crippen LogP contribution in [0.1, 0.15) is 76.7 Å². The minimum atomic E-state index is -0.668. The fourth-order valence-corrected chi connectivity index (χ4v) is 4.89. The molecule has 50 heavy (non-hydrogen) atoms. The van der Waals surface area contributed by atoms with Gasteiger partial charge in [-0.3, -0.25) is 19.8 Å². The minimum Gasteiger partial charge on any atom is -0.499 e. The number of imidazole rings is 1. The third-order valence-corrected chi connectivity index (χ3v) is 7.35. The number of hydroxylamine groups is 2. The van der Waals surface area contributed by atoms with Gasteiger partial charge in [0.2, 0.25) is 0 Å². The quantitative estimate of drug-likeness (QED) is 0.0122. The van der Waals surface area contributed by atoms with Crippen molar-refractivity contribution in [3.05, 3.63) is 74.2 Å². The number of benzene rings is 2. The first-order valence-corrected chi connectivity index (χ1v) is 16.9. The fourth-order valence-electron chi connectivity index (χ4n) is 4.89. The van der Waals surface area contributed by atoms with Gasteiger partial charge in [0, 0.05) is 13.1 Å². The lowest BCUT2D eigenvalue weighted by Gasteiger charge is -2.21. The second-order valence-corrected chi connectivity index (χ2v) is 11.0. The number of hydrogen-bond acceptors (Lipinski definition) is 14. The molecule has 0 aliphatic rings. The highest BCUT2D eigenvalue weighted by Crippen LogP contribution is 2.41. The molecule has 17 nitrogen and oxygen atoms in total. The maximum Gasteiger partial charge on any atom is 0.323 e. The molecule has 17 heteroatoms. The lowest BCUT2D eigenvalue weighted by Crippen LogP contribution is -2.25. The Morgan fingerprint density at radius 2 is 1.58 bits per heavy atom. The van der Waals surface area contributed by atoms with Gasteiger partial charge >= 0.3 is 11.4 Å². The predicted octanol–water partition coefficient (Wildman–Crippen LogP) is 5.61. The summed E-state index contributed by atoms with van der Waals surface area (Å²) < 4.78 is 10.7. The SMILES string of the molecule is CCNCCCNOC(CC)c1cc(N=N/C(=C/OC)OC=Nc2ccc3[nH]c(=O)[nH]c3c2)c([N+](=O)[O-])c(C(CC)ONCCCNCC)c1.